The van der Waals surface area contributed by atoms with Crippen LogP contribution < -0.4 is 9.64 Å². The van der Waals surface area contributed by atoms with Crippen molar-refractivity contribution in [1.29, 1.82) is 0 Å². The molecule has 0 spiro atoms. The number of benzene rings is 1. The van der Waals surface area contributed by atoms with E-state index < -0.39 is 0 Å². The average Bonchev–Trinajstić information content (AvgIpc) is 2.89. The molecule has 2 aromatic rings. The molecule has 0 bridgehead atoms. The van der Waals surface area contributed by atoms with Crippen molar-refractivity contribution in [2.45, 2.75) is 19.8 Å². The number of unbranched alkanes of at least 4 members (excludes halogenated alkanes) is 1. The minimum atomic E-state index is -0.266. The summed E-state index contributed by atoms with van der Waals surface area (Å²) in [6, 6.07) is 11.4. The fourth-order valence-corrected chi connectivity index (χ4v) is 3.97. The molecule has 1 aromatic heterocycles. The van der Waals surface area contributed by atoms with Gasteiger partial charge in [-0.3, -0.25) is 19.4 Å². The van der Waals surface area contributed by atoms with Crippen molar-refractivity contribution >= 4 is 17.6 Å². The van der Waals surface area contributed by atoms with Crippen LogP contribution in [0.25, 0.3) is 0 Å². The van der Waals surface area contributed by atoms with Gasteiger partial charge in [0, 0.05) is 38.9 Å². The molecule has 2 amide bonds. The molecule has 7 heteroatoms. The number of nitrogens with zero attached hydrogens (tertiary/aromatic N) is 4. The zero-order valence-corrected chi connectivity index (χ0v) is 17.4. The van der Waals surface area contributed by atoms with E-state index in [0.717, 1.165) is 56.9 Å². The first-order valence-corrected chi connectivity index (χ1v) is 10.6. The molecule has 7 nitrogen and oxygen atoms in total. The lowest BCUT2D eigenvalue weighted by Gasteiger charge is -2.35. The van der Waals surface area contributed by atoms with Crippen LogP contribution in [0.1, 0.15) is 28.8 Å². The summed E-state index contributed by atoms with van der Waals surface area (Å²) in [6.07, 6.45) is 3.57. The minimum absolute atomic E-state index is 0.0856. The van der Waals surface area contributed by atoms with Crippen molar-refractivity contribution in [2.24, 2.45) is 0 Å². The monoisotopic (exact) mass is 408 g/mol. The van der Waals surface area contributed by atoms with Crippen LogP contribution in [0, 0.1) is 6.92 Å². The van der Waals surface area contributed by atoms with Crippen molar-refractivity contribution < 1.29 is 14.3 Å². The Balaban J connectivity index is 1.24. The number of piperazine rings is 1. The summed E-state index contributed by atoms with van der Waals surface area (Å²) in [5, 5.41) is 0. The van der Waals surface area contributed by atoms with Gasteiger partial charge in [0.05, 0.1) is 5.56 Å². The van der Waals surface area contributed by atoms with Gasteiger partial charge in [0.2, 0.25) is 0 Å². The first-order chi connectivity index (χ1) is 14.6. The van der Waals surface area contributed by atoms with E-state index in [-0.39, 0.29) is 18.4 Å². The van der Waals surface area contributed by atoms with Crippen molar-refractivity contribution in [3.63, 3.8) is 0 Å². The lowest BCUT2D eigenvalue weighted by atomic mass is 10.1. The highest BCUT2D eigenvalue weighted by Crippen LogP contribution is 2.25. The summed E-state index contributed by atoms with van der Waals surface area (Å²) < 4.78 is 5.56. The summed E-state index contributed by atoms with van der Waals surface area (Å²) in [7, 11) is 0. The molecule has 0 saturated carbocycles. The second-order valence-electron chi connectivity index (χ2n) is 7.86. The van der Waals surface area contributed by atoms with E-state index in [4.69, 9.17) is 4.74 Å². The largest absolute Gasteiger partial charge is 0.483 e. The Morgan fingerprint density at radius 3 is 2.57 bits per heavy atom. The van der Waals surface area contributed by atoms with Gasteiger partial charge in [-0.25, -0.2) is 4.98 Å². The van der Waals surface area contributed by atoms with Gasteiger partial charge in [0.25, 0.3) is 11.8 Å². The van der Waals surface area contributed by atoms with Crippen LogP contribution in [0.3, 0.4) is 0 Å². The Morgan fingerprint density at radius 2 is 1.80 bits per heavy atom. The van der Waals surface area contributed by atoms with E-state index in [0.29, 0.717) is 17.9 Å². The summed E-state index contributed by atoms with van der Waals surface area (Å²) in [6.45, 7) is 7.19. The minimum Gasteiger partial charge on any atom is -0.483 e. The highest BCUT2D eigenvalue weighted by atomic mass is 16.5. The van der Waals surface area contributed by atoms with Crippen LogP contribution in [0.2, 0.25) is 0 Å². The molecule has 2 aliphatic heterocycles. The molecule has 0 aliphatic carbocycles. The molecular weight excluding hydrogens is 380 g/mol. The average molecular weight is 409 g/mol. The number of imide groups is 1. The zero-order valence-electron chi connectivity index (χ0n) is 17.4. The maximum atomic E-state index is 12.8. The number of carbonyl (C=O) groups is 2. The first-order valence-electron chi connectivity index (χ1n) is 10.6. The lowest BCUT2D eigenvalue weighted by Crippen LogP contribution is -2.47. The summed E-state index contributed by atoms with van der Waals surface area (Å²) >= 11 is 0. The van der Waals surface area contributed by atoms with Gasteiger partial charge in [0.1, 0.15) is 11.6 Å². The first kappa shape index (κ1) is 20.3. The molecule has 0 radical (unpaired) electrons. The number of aryl methyl sites for hydroxylation is 1. The van der Waals surface area contributed by atoms with Gasteiger partial charge in [-0.05, 0) is 56.1 Å². The van der Waals surface area contributed by atoms with Crippen molar-refractivity contribution in [2.75, 3.05) is 50.8 Å². The van der Waals surface area contributed by atoms with Gasteiger partial charge in [-0.2, -0.15) is 0 Å². The number of aromatic nitrogens is 1. The number of fused-ring (bicyclic) bond motifs is 1. The maximum Gasteiger partial charge on any atom is 0.267 e. The molecule has 158 valence electrons. The second-order valence-corrected chi connectivity index (χ2v) is 7.86. The Hall–Kier alpha value is -2.93. The lowest BCUT2D eigenvalue weighted by molar-refractivity contribution is -0.130. The molecule has 0 unspecified atom stereocenters. The van der Waals surface area contributed by atoms with Gasteiger partial charge in [-0.1, -0.05) is 12.1 Å². The van der Waals surface area contributed by atoms with Crippen LogP contribution >= 0.6 is 0 Å². The Labute approximate surface area is 177 Å². The molecule has 0 N–H and O–H groups in total. The smallest absolute Gasteiger partial charge is 0.267 e. The van der Waals surface area contributed by atoms with Crippen LogP contribution in [0.15, 0.2) is 42.6 Å². The van der Waals surface area contributed by atoms with Crippen LogP contribution in [0.4, 0.5) is 5.82 Å². The summed E-state index contributed by atoms with van der Waals surface area (Å²) in [5.74, 6) is 1.02. The fraction of sp³-hybridized carbons (Fsp3) is 0.435. The van der Waals surface area contributed by atoms with E-state index >= 15 is 0 Å². The number of hydrogen-bond donors (Lipinski definition) is 0. The van der Waals surface area contributed by atoms with Gasteiger partial charge < -0.3 is 9.64 Å². The van der Waals surface area contributed by atoms with Crippen molar-refractivity contribution in [3.8, 4) is 5.75 Å². The Kier molecular flexibility index (Phi) is 6.28. The predicted octanol–water partition coefficient (Wildman–Crippen LogP) is 2.35. The maximum absolute atomic E-state index is 12.8. The fourth-order valence-electron chi connectivity index (χ4n) is 3.97. The predicted molar refractivity (Wildman–Crippen MR) is 115 cm³/mol. The zero-order chi connectivity index (χ0) is 20.9. The molecule has 0 atom stereocenters. The van der Waals surface area contributed by atoms with Crippen LogP contribution in [-0.2, 0) is 4.79 Å². The van der Waals surface area contributed by atoms with Crippen molar-refractivity contribution in [3.05, 3.63) is 53.7 Å². The second kappa shape index (κ2) is 9.26. The standard InChI is InChI=1S/C23H28N4O3/c1-18-7-8-19-20(16-18)30-17-22(28)27(23(19)29)11-5-4-10-25-12-14-26(15-13-25)21-6-2-3-9-24-21/h2-3,6-9,16H,4-5,10-15,17H2,1H3. The molecule has 30 heavy (non-hydrogen) atoms. The molecule has 4 rings (SSSR count). The summed E-state index contributed by atoms with van der Waals surface area (Å²) in [4.78, 5) is 35.8. The number of pyridine rings is 1. The highest BCUT2D eigenvalue weighted by molar-refractivity contribution is 6.07. The van der Waals surface area contributed by atoms with E-state index in [1.54, 1.807) is 6.07 Å². The van der Waals surface area contributed by atoms with E-state index in [9.17, 15) is 9.59 Å². The normalized spacial score (nSPS) is 17.5. The SMILES string of the molecule is Cc1ccc2c(c1)OCC(=O)N(CCCCN1CCN(c3ccccn3)CC1)C2=O. The Morgan fingerprint density at radius 1 is 1.00 bits per heavy atom. The molecule has 1 fully saturated rings. The van der Waals surface area contributed by atoms with E-state index in [1.165, 1.54) is 4.90 Å². The van der Waals surface area contributed by atoms with Gasteiger partial charge in [0.15, 0.2) is 6.61 Å². The van der Waals surface area contributed by atoms with E-state index in [2.05, 4.69) is 14.8 Å². The quantitative estimate of drug-likeness (QED) is 0.540. The third-order valence-corrected chi connectivity index (χ3v) is 5.72. The molecule has 3 heterocycles. The molecule has 2 aliphatic rings. The van der Waals surface area contributed by atoms with Gasteiger partial charge in [-0.15, -0.1) is 0 Å². The molecule has 1 saturated heterocycles. The Bertz CT molecular complexity index is 895. The summed E-state index contributed by atoms with van der Waals surface area (Å²) in [5.41, 5.74) is 1.47. The third-order valence-electron chi connectivity index (χ3n) is 5.72. The van der Waals surface area contributed by atoms with Crippen molar-refractivity contribution in [1.82, 2.24) is 14.8 Å². The van der Waals surface area contributed by atoms with Gasteiger partial charge >= 0.3 is 0 Å². The number of anilines is 1. The number of amides is 2. The third kappa shape index (κ3) is 4.62. The number of ether oxygens (including phenoxy) is 1. The van der Waals surface area contributed by atoms with Crippen LogP contribution in [0.5, 0.6) is 5.75 Å². The van der Waals surface area contributed by atoms with E-state index in [1.807, 2.05) is 43.5 Å². The van der Waals surface area contributed by atoms with Crippen LogP contribution in [-0.4, -0.2) is 72.5 Å². The number of carbonyl (C=O) groups excluding carboxylic acids is 2. The number of rotatable bonds is 6. The topological polar surface area (TPSA) is 66.0 Å². The highest BCUT2D eigenvalue weighted by Gasteiger charge is 2.29. The number of hydrogen-bond acceptors (Lipinski definition) is 6. The molecular formula is C23H28N4O3. The molecule has 1 aromatic carbocycles.